The molecule has 5 rings (SSSR count). The molecule has 2 aliphatic rings. The van der Waals surface area contributed by atoms with Gasteiger partial charge in [0.1, 0.15) is 5.82 Å². The van der Waals surface area contributed by atoms with Crippen molar-refractivity contribution in [2.75, 3.05) is 18.0 Å². The standard InChI is InChI=1S/C40H52FN3O4/c1-26-33(35(43-22-20-40(6,7)21-23-43)34(27(2)42-26)36(38(46)47)48-39(3,4)5)30-16-12-28(13-17-30)24-44(37(45)31-10-8-9-11-31)25-29-14-18-32(41)19-15-29/h12-19,31,36H,8-11,20-25H2,1-7H3,(H,46,47). The van der Waals surface area contributed by atoms with Gasteiger partial charge in [-0.25, -0.2) is 9.18 Å². The number of ether oxygens (including phenoxy) is 1. The first-order valence-electron chi connectivity index (χ1n) is 17.4. The normalized spacial score (nSPS) is 17.4. The van der Waals surface area contributed by atoms with E-state index >= 15 is 0 Å². The minimum Gasteiger partial charge on any atom is -0.479 e. The molecule has 1 saturated heterocycles. The summed E-state index contributed by atoms with van der Waals surface area (Å²) in [6, 6.07) is 14.6. The average Bonchev–Trinajstić information content (AvgIpc) is 3.56. The number of amides is 1. The largest absolute Gasteiger partial charge is 0.479 e. The van der Waals surface area contributed by atoms with Crippen LogP contribution in [-0.2, 0) is 27.4 Å². The Morgan fingerprint density at radius 1 is 0.958 bits per heavy atom. The first-order chi connectivity index (χ1) is 22.6. The van der Waals surface area contributed by atoms with Gasteiger partial charge in [-0.15, -0.1) is 0 Å². The van der Waals surface area contributed by atoms with Gasteiger partial charge < -0.3 is 19.6 Å². The maximum atomic E-state index is 13.7. The number of rotatable bonds is 10. The number of pyridine rings is 1. The summed E-state index contributed by atoms with van der Waals surface area (Å²) in [6.45, 7) is 16.5. The lowest BCUT2D eigenvalue weighted by Gasteiger charge is -2.41. The van der Waals surface area contributed by atoms with Crippen LogP contribution in [0.1, 0.15) is 107 Å². The Morgan fingerprint density at radius 3 is 2.02 bits per heavy atom. The molecule has 2 heterocycles. The highest BCUT2D eigenvalue weighted by Crippen LogP contribution is 2.45. The van der Waals surface area contributed by atoms with Crippen molar-refractivity contribution in [3.05, 3.63) is 82.4 Å². The van der Waals surface area contributed by atoms with Crippen LogP contribution >= 0.6 is 0 Å². The van der Waals surface area contributed by atoms with Gasteiger partial charge in [-0.1, -0.05) is 63.1 Å². The zero-order chi connectivity index (χ0) is 34.8. The minimum absolute atomic E-state index is 0.0269. The van der Waals surface area contributed by atoms with Crippen molar-refractivity contribution >= 4 is 17.6 Å². The van der Waals surface area contributed by atoms with Crippen LogP contribution in [0.15, 0.2) is 48.5 Å². The Labute approximate surface area is 285 Å². The van der Waals surface area contributed by atoms with E-state index in [0.29, 0.717) is 24.3 Å². The maximum Gasteiger partial charge on any atom is 0.337 e. The Hall–Kier alpha value is -3.78. The highest BCUT2D eigenvalue weighted by Gasteiger charge is 2.36. The van der Waals surface area contributed by atoms with Crippen molar-refractivity contribution in [3.8, 4) is 11.1 Å². The molecule has 7 nitrogen and oxygen atoms in total. The van der Waals surface area contributed by atoms with Crippen molar-refractivity contribution < 1.29 is 23.8 Å². The second-order valence-electron chi connectivity index (χ2n) is 15.5. The van der Waals surface area contributed by atoms with E-state index in [1.165, 1.54) is 12.1 Å². The number of piperidine rings is 1. The van der Waals surface area contributed by atoms with E-state index in [1.54, 1.807) is 12.1 Å². The number of aryl methyl sites for hydroxylation is 2. The summed E-state index contributed by atoms with van der Waals surface area (Å²) in [5.41, 5.74) is 6.25. The third kappa shape index (κ3) is 8.43. The van der Waals surface area contributed by atoms with E-state index in [9.17, 15) is 19.1 Å². The van der Waals surface area contributed by atoms with Crippen molar-refractivity contribution in [2.45, 2.75) is 112 Å². The van der Waals surface area contributed by atoms with E-state index in [1.807, 2.05) is 39.5 Å². The molecule has 1 amide bonds. The van der Waals surface area contributed by atoms with Crippen LogP contribution in [-0.4, -0.2) is 45.6 Å². The predicted octanol–water partition coefficient (Wildman–Crippen LogP) is 8.79. The van der Waals surface area contributed by atoms with Crippen LogP contribution in [0.5, 0.6) is 0 Å². The van der Waals surface area contributed by atoms with Gasteiger partial charge >= 0.3 is 5.97 Å². The molecular weight excluding hydrogens is 605 g/mol. The number of carbonyl (C=O) groups is 2. The van der Waals surface area contributed by atoms with Gasteiger partial charge in [0.15, 0.2) is 6.10 Å². The fraction of sp³-hybridized carbons (Fsp3) is 0.525. The van der Waals surface area contributed by atoms with Crippen molar-refractivity contribution in [1.82, 2.24) is 9.88 Å². The molecule has 1 unspecified atom stereocenters. The number of hydrogen-bond acceptors (Lipinski definition) is 5. The van der Waals surface area contributed by atoms with Gasteiger partial charge in [-0.05, 0) is 94.5 Å². The monoisotopic (exact) mass is 657 g/mol. The van der Waals surface area contributed by atoms with Crippen LogP contribution in [0.4, 0.5) is 10.1 Å². The highest BCUT2D eigenvalue weighted by molar-refractivity contribution is 5.88. The average molecular weight is 658 g/mol. The Kier molecular flexibility index (Phi) is 10.6. The number of carboxylic acids is 1. The molecule has 1 N–H and O–H groups in total. The molecule has 2 aromatic carbocycles. The fourth-order valence-electron chi connectivity index (χ4n) is 7.21. The van der Waals surface area contributed by atoms with Crippen LogP contribution < -0.4 is 4.90 Å². The minimum atomic E-state index is -1.18. The molecule has 1 aromatic heterocycles. The van der Waals surface area contributed by atoms with E-state index in [2.05, 4.69) is 43.0 Å². The molecule has 0 radical (unpaired) electrons. The summed E-state index contributed by atoms with van der Waals surface area (Å²) in [5.74, 6) is -1.15. The summed E-state index contributed by atoms with van der Waals surface area (Å²) >= 11 is 0. The molecule has 0 bridgehead atoms. The molecule has 8 heteroatoms. The van der Waals surface area contributed by atoms with Crippen LogP contribution in [0, 0.1) is 31.0 Å². The molecule has 3 aromatic rings. The molecule has 48 heavy (non-hydrogen) atoms. The summed E-state index contributed by atoms with van der Waals surface area (Å²) in [5, 5.41) is 10.5. The van der Waals surface area contributed by atoms with Crippen LogP contribution in [0.3, 0.4) is 0 Å². The number of aromatic nitrogens is 1. The van der Waals surface area contributed by atoms with Gasteiger partial charge in [0.2, 0.25) is 5.91 Å². The number of nitrogens with zero attached hydrogens (tertiary/aromatic N) is 3. The zero-order valence-corrected chi connectivity index (χ0v) is 29.7. The number of hydrogen-bond donors (Lipinski definition) is 1. The Balaban J connectivity index is 1.54. The van der Waals surface area contributed by atoms with Crippen molar-refractivity contribution in [1.29, 1.82) is 0 Å². The lowest BCUT2D eigenvalue weighted by atomic mass is 9.81. The van der Waals surface area contributed by atoms with Gasteiger partial charge in [0, 0.05) is 54.6 Å². The first-order valence-corrected chi connectivity index (χ1v) is 17.4. The van der Waals surface area contributed by atoms with Crippen LogP contribution in [0.25, 0.3) is 11.1 Å². The summed E-state index contributed by atoms with van der Waals surface area (Å²) in [4.78, 5) is 35.6. The fourth-order valence-corrected chi connectivity index (χ4v) is 7.21. The van der Waals surface area contributed by atoms with Crippen LogP contribution in [0.2, 0.25) is 0 Å². The molecule has 1 aliphatic carbocycles. The zero-order valence-electron chi connectivity index (χ0n) is 29.7. The van der Waals surface area contributed by atoms with E-state index in [0.717, 1.165) is 85.2 Å². The molecule has 1 aliphatic heterocycles. The van der Waals surface area contributed by atoms with Gasteiger partial charge in [0.05, 0.1) is 11.3 Å². The van der Waals surface area contributed by atoms with Gasteiger partial charge in [0.25, 0.3) is 0 Å². The topological polar surface area (TPSA) is 83.0 Å². The Morgan fingerprint density at radius 2 is 1.50 bits per heavy atom. The third-order valence-corrected chi connectivity index (χ3v) is 9.89. The molecule has 258 valence electrons. The number of aliphatic carboxylic acids is 1. The number of halogens is 1. The van der Waals surface area contributed by atoms with E-state index < -0.39 is 17.7 Å². The Bertz CT molecular complexity index is 1600. The smallest absolute Gasteiger partial charge is 0.337 e. The van der Waals surface area contributed by atoms with Gasteiger partial charge in [-0.3, -0.25) is 9.78 Å². The number of anilines is 1. The highest BCUT2D eigenvalue weighted by atomic mass is 19.1. The molecule has 1 saturated carbocycles. The SMILES string of the molecule is Cc1nc(C)c(C(OC(C)(C)C)C(=O)O)c(N2CCC(C)(C)CC2)c1-c1ccc(CN(Cc2ccc(F)cc2)C(=O)C2CCCC2)cc1. The predicted molar refractivity (Wildman–Crippen MR) is 188 cm³/mol. The number of benzene rings is 2. The van der Waals surface area contributed by atoms with Crippen molar-refractivity contribution in [3.63, 3.8) is 0 Å². The lowest BCUT2D eigenvalue weighted by Crippen LogP contribution is -2.39. The first kappa shape index (κ1) is 35.5. The maximum absolute atomic E-state index is 13.7. The quantitative estimate of drug-likeness (QED) is 0.235. The third-order valence-electron chi connectivity index (χ3n) is 9.89. The second kappa shape index (κ2) is 14.4. The lowest BCUT2D eigenvalue weighted by molar-refractivity contribution is -0.160. The van der Waals surface area contributed by atoms with Crippen molar-refractivity contribution in [2.24, 2.45) is 11.3 Å². The number of carboxylic acid groups (broad SMARTS) is 1. The molecule has 2 fully saturated rings. The number of carbonyl (C=O) groups excluding carboxylic acids is 1. The molecular formula is C40H52FN3O4. The van der Waals surface area contributed by atoms with E-state index in [4.69, 9.17) is 9.72 Å². The van der Waals surface area contributed by atoms with Gasteiger partial charge in [-0.2, -0.15) is 0 Å². The summed E-state index contributed by atoms with van der Waals surface area (Å²) < 4.78 is 19.9. The second-order valence-corrected chi connectivity index (χ2v) is 15.5. The summed E-state index contributed by atoms with van der Waals surface area (Å²) in [7, 11) is 0. The molecule has 1 atom stereocenters. The van der Waals surface area contributed by atoms with E-state index in [-0.39, 0.29) is 23.1 Å². The molecule has 0 spiro atoms. The summed E-state index contributed by atoms with van der Waals surface area (Å²) in [6.07, 6.45) is 4.76.